The number of hydrogen-bond donors (Lipinski definition) is 3. The molecule has 198 valence electrons. The average molecular weight is 494 g/mol. The normalized spacial score (nSPS) is 14.9. The number of morpholine rings is 1. The van der Waals surface area contributed by atoms with Gasteiger partial charge in [-0.1, -0.05) is 32.6 Å². The van der Waals surface area contributed by atoms with Crippen LogP contribution < -0.4 is 20.1 Å². The van der Waals surface area contributed by atoms with E-state index in [0.717, 1.165) is 19.3 Å². The van der Waals surface area contributed by atoms with Crippen LogP contribution in [0.4, 0.5) is 4.79 Å². The van der Waals surface area contributed by atoms with E-state index in [0.29, 0.717) is 57.4 Å². The minimum absolute atomic E-state index is 0.0938. The molecule has 1 aliphatic heterocycles. The van der Waals surface area contributed by atoms with Gasteiger partial charge in [-0.15, -0.1) is 0 Å². The summed E-state index contributed by atoms with van der Waals surface area (Å²) in [4.78, 5) is 26.3. The molecule has 2 amide bonds. The zero-order valence-corrected chi connectivity index (χ0v) is 21.5. The number of hydrogen-bond acceptors (Lipinski definition) is 7. The number of amides is 2. The van der Waals surface area contributed by atoms with Gasteiger partial charge < -0.3 is 34.9 Å². The van der Waals surface area contributed by atoms with E-state index in [1.807, 2.05) is 13.8 Å². The topological polar surface area (TPSA) is 109 Å². The maximum absolute atomic E-state index is 12.5. The van der Waals surface area contributed by atoms with Gasteiger partial charge in [0.15, 0.2) is 0 Å². The molecular weight excluding hydrogens is 450 g/mol. The van der Waals surface area contributed by atoms with Crippen molar-refractivity contribution in [2.45, 2.75) is 59.0 Å². The number of nitrogens with zero attached hydrogens (tertiary/aromatic N) is 1. The Hall–Kier alpha value is -2.36. The number of aliphatic hydroxyl groups excluding tert-OH is 1. The lowest BCUT2D eigenvalue weighted by Crippen LogP contribution is -2.47. The van der Waals surface area contributed by atoms with Crippen molar-refractivity contribution in [2.75, 3.05) is 52.5 Å². The number of rotatable bonds is 15. The van der Waals surface area contributed by atoms with Crippen molar-refractivity contribution in [1.82, 2.24) is 15.5 Å². The summed E-state index contributed by atoms with van der Waals surface area (Å²) in [5.74, 6) is 0.830. The number of carbonyl (C=O) groups excluding carboxylic acids is 2. The van der Waals surface area contributed by atoms with Gasteiger partial charge in [0.05, 0.1) is 18.6 Å². The number of nitrogens with one attached hydrogen (secondary N) is 2. The number of esters is 1. The minimum atomic E-state index is -0.698. The summed E-state index contributed by atoms with van der Waals surface area (Å²) in [7, 11) is 0. The van der Waals surface area contributed by atoms with Gasteiger partial charge in [-0.25, -0.2) is 4.79 Å². The van der Waals surface area contributed by atoms with Gasteiger partial charge in [0.25, 0.3) is 0 Å². The monoisotopic (exact) mass is 493 g/mol. The predicted molar refractivity (Wildman–Crippen MR) is 135 cm³/mol. The SMILES string of the molecule is CCCCCCC(C)(C)C(=O)Oc1ccc(OCC(O)CNCCNC(=O)N2CCOCC2)cc1. The molecule has 0 aromatic heterocycles. The molecule has 9 heteroatoms. The standard InChI is InChI=1S/C26H43N3O6/c1-4-5-6-7-12-26(2,3)24(31)35-23-10-8-22(9-11-23)34-20-21(30)19-27-13-14-28-25(32)29-15-17-33-18-16-29/h8-11,21,27,30H,4-7,12-20H2,1-3H3,(H,28,32). The van der Waals surface area contributed by atoms with Gasteiger partial charge in [0, 0.05) is 32.7 Å². The lowest BCUT2D eigenvalue weighted by Gasteiger charge is -2.27. The molecule has 0 aliphatic carbocycles. The molecule has 1 saturated heterocycles. The number of benzene rings is 1. The van der Waals surface area contributed by atoms with Gasteiger partial charge in [0.2, 0.25) is 0 Å². The molecule has 1 fully saturated rings. The predicted octanol–water partition coefficient (Wildman–Crippen LogP) is 2.96. The van der Waals surface area contributed by atoms with Crippen molar-refractivity contribution in [3.8, 4) is 11.5 Å². The summed E-state index contributed by atoms with van der Waals surface area (Å²) in [6.07, 6.45) is 4.61. The molecule has 3 N–H and O–H groups in total. The van der Waals surface area contributed by atoms with Gasteiger partial charge in [-0.2, -0.15) is 0 Å². The minimum Gasteiger partial charge on any atom is -0.491 e. The van der Waals surface area contributed by atoms with Crippen LogP contribution in [0.3, 0.4) is 0 Å². The van der Waals surface area contributed by atoms with Crippen LogP contribution in [0, 0.1) is 5.41 Å². The third-order valence-corrected chi connectivity index (χ3v) is 5.94. The molecule has 1 atom stereocenters. The highest BCUT2D eigenvalue weighted by Crippen LogP contribution is 2.27. The average Bonchev–Trinajstić information content (AvgIpc) is 2.86. The van der Waals surface area contributed by atoms with Crippen molar-refractivity contribution in [3.63, 3.8) is 0 Å². The van der Waals surface area contributed by atoms with Crippen molar-refractivity contribution in [1.29, 1.82) is 0 Å². The highest BCUT2D eigenvalue weighted by molar-refractivity contribution is 5.78. The summed E-state index contributed by atoms with van der Waals surface area (Å²) in [5.41, 5.74) is -0.522. The molecule has 1 aromatic rings. The zero-order valence-electron chi connectivity index (χ0n) is 21.5. The smallest absolute Gasteiger partial charge is 0.317 e. The van der Waals surface area contributed by atoms with Crippen LogP contribution in [0.25, 0.3) is 0 Å². The number of ether oxygens (including phenoxy) is 3. The molecule has 0 bridgehead atoms. The van der Waals surface area contributed by atoms with Crippen molar-refractivity contribution >= 4 is 12.0 Å². The first-order valence-electron chi connectivity index (χ1n) is 12.8. The van der Waals surface area contributed by atoms with E-state index in [1.165, 1.54) is 12.8 Å². The summed E-state index contributed by atoms with van der Waals surface area (Å²) in [5, 5.41) is 16.1. The number of urea groups is 1. The first kappa shape index (κ1) is 28.9. The molecule has 0 spiro atoms. The van der Waals surface area contributed by atoms with E-state index in [2.05, 4.69) is 17.6 Å². The second kappa shape index (κ2) is 15.6. The lowest BCUT2D eigenvalue weighted by atomic mass is 9.87. The van der Waals surface area contributed by atoms with Crippen LogP contribution in [0.1, 0.15) is 52.9 Å². The van der Waals surface area contributed by atoms with Gasteiger partial charge in [-0.05, 0) is 44.5 Å². The van der Waals surface area contributed by atoms with Crippen LogP contribution in [0.2, 0.25) is 0 Å². The third-order valence-electron chi connectivity index (χ3n) is 5.94. The van der Waals surface area contributed by atoms with Crippen LogP contribution in [-0.4, -0.2) is 80.7 Å². The van der Waals surface area contributed by atoms with Crippen LogP contribution in [0.5, 0.6) is 11.5 Å². The molecule has 0 saturated carbocycles. The van der Waals surface area contributed by atoms with Crippen molar-refractivity contribution in [3.05, 3.63) is 24.3 Å². The Morgan fingerprint density at radius 2 is 1.77 bits per heavy atom. The highest BCUT2D eigenvalue weighted by Gasteiger charge is 2.29. The molecule has 2 rings (SSSR count). The van der Waals surface area contributed by atoms with Crippen LogP contribution in [0.15, 0.2) is 24.3 Å². The fourth-order valence-corrected chi connectivity index (χ4v) is 3.60. The molecule has 1 unspecified atom stereocenters. The Bertz CT molecular complexity index is 750. The van der Waals surface area contributed by atoms with E-state index in [1.54, 1.807) is 29.2 Å². The van der Waals surface area contributed by atoms with E-state index < -0.39 is 11.5 Å². The fraction of sp³-hybridized carbons (Fsp3) is 0.692. The Kier molecular flexibility index (Phi) is 12.9. The summed E-state index contributed by atoms with van der Waals surface area (Å²) < 4.78 is 16.4. The number of unbranched alkanes of at least 4 members (excludes halogenated alkanes) is 3. The Morgan fingerprint density at radius 3 is 2.46 bits per heavy atom. The Labute approximate surface area is 209 Å². The quantitative estimate of drug-likeness (QED) is 0.196. The summed E-state index contributed by atoms with van der Waals surface area (Å²) in [6.45, 7) is 9.85. The lowest BCUT2D eigenvalue weighted by molar-refractivity contribution is -0.144. The van der Waals surface area contributed by atoms with Crippen LogP contribution in [-0.2, 0) is 9.53 Å². The maximum atomic E-state index is 12.5. The highest BCUT2D eigenvalue weighted by atomic mass is 16.5. The van der Waals surface area contributed by atoms with E-state index in [9.17, 15) is 14.7 Å². The molecule has 1 aromatic carbocycles. The molecular formula is C26H43N3O6. The molecule has 0 radical (unpaired) electrons. The van der Waals surface area contributed by atoms with E-state index in [4.69, 9.17) is 14.2 Å². The molecule has 35 heavy (non-hydrogen) atoms. The van der Waals surface area contributed by atoms with Crippen molar-refractivity contribution in [2.24, 2.45) is 5.41 Å². The van der Waals surface area contributed by atoms with E-state index >= 15 is 0 Å². The van der Waals surface area contributed by atoms with Gasteiger partial charge >= 0.3 is 12.0 Å². The number of carbonyl (C=O) groups is 2. The maximum Gasteiger partial charge on any atom is 0.317 e. The zero-order chi connectivity index (χ0) is 25.5. The second-order valence-electron chi connectivity index (χ2n) is 9.56. The second-order valence-corrected chi connectivity index (χ2v) is 9.56. The largest absolute Gasteiger partial charge is 0.491 e. The summed E-state index contributed by atoms with van der Waals surface area (Å²) in [6, 6.07) is 6.74. The van der Waals surface area contributed by atoms with Gasteiger partial charge in [0.1, 0.15) is 24.2 Å². The van der Waals surface area contributed by atoms with E-state index in [-0.39, 0.29) is 18.6 Å². The molecule has 9 nitrogen and oxygen atoms in total. The fourth-order valence-electron chi connectivity index (χ4n) is 3.60. The van der Waals surface area contributed by atoms with Gasteiger partial charge in [-0.3, -0.25) is 4.79 Å². The first-order valence-corrected chi connectivity index (χ1v) is 12.8. The molecule has 1 aliphatic rings. The first-order chi connectivity index (χ1) is 16.8. The number of aliphatic hydroxyl groups is 1. The summed E-state index contributed by atoms with van der Waals surface area (Å²) >= 11 is 0. The van der Waals surface area contributed by atoms with Crippen LogP contribution >= 0.6 is 0 Å². The Morgan fingerprint density at radius 1 is 1.09 bits per heavy atom. The van der Waals surface area contributed by atoms with Crippen molar-refractivity contribution < 1.29 is 28.9 Å². The molecule has 1 heterocycles. The Balaban J connectivity index is 1.60. The third kappa shape index (κ3) is 11.3.